The lowest BCUT2D eigenvalue weighted by molar-refractivity contribution is -0.137. The molecule has 2 aliphatic rings. The number of aromatic nitrogens is 4. The van der Waals surface area contributed by atoms with Crippen LogP contribution >= 0.6 is 0 Å². The van der Waals surface area contributed by atoms with Crippen LogP contribution in [0.5, 0.6) is 5.88 Å². The zero-order chi connectivity index (χ0) is 26.7. The van der Waals surface area contributed by atoms with Gasteiger partial charge in [-0.1, -0.05) is 0 Å². The molecule has 1 saturated carbocycles. The average molecular weight is 525 g/mol. The van der Waals surface area contributed by atoms with E-state index >= 15 is 0 Å². The number of pyridine rings is 1. The van der Waals surface area contributed by atoms with E-state index in [1.807, 2.05) is 0 Å². The zero-order valence-electron chi connectivity index (χ0n) is 19.2. The highest BCUT2D eigenvalue weighted by Gasteiger charge is 2.54. The number of nitrogens with two attached hydrogens (primary N) is 1. The number of nitrogens with one attached hydrogen (secondary N) is 1. The summed E-state index contributed by atoms with van der Waals surface area (Å²) in [6.45, 7) is -0.607. The van der Waals surface area contributed by atoms with Gasteiger partial charge in [-0.25, -0.2) is 23.3 Å². The van der Waals surface area contributed by atoms with Crippen LogP contribution in [0.4, 0.5) is 27.8 Å². The summed E-state index contributed by atoms with van der Waals surface area (Å²) in [4.78, 5) is 34.0. The van der Waals surface area contributed by atoms with Crippen LogP contribution in [-0.4, -0.2) is 74.4 Å². The molecule has 0 spiro atoms. The van der Waals surface area contributed by atoms with Gasteiger partial charge in [0.15, 0.2) is 11.5 Å². The van der Waals surface area contributed by atoms with Crippen LogP contribution < -0.4 is 15.8 Å². The minimum Gasteiger partial charge on any atom is -0.480 e. The molecular formula is C22H20F5N7O3. The van der Waals surface area contributed by atoms with Gasteiger partial charge in [-0.2, -0.15) is 18.3 Å². The summed E-state index contributed by atoms with van der Waals surface area (Å²) in [6.07, 6.45) is -4.11. The van der Waals surface area contributed by atoms with Crippen molar-refractivity contribution in [2.45, 2.75) is 36.9 Å². The molecule has 3 aromatic rings. The Balaban J connectivity index is 1.46. The number of alkyl halides is 5. The Hall–Kier alpha value is -4.04. The number of fused-ring (bicyclic) bond motifs is 1. The predicted molar refractivity (Wildman–Crippen MR) is 118 cm³/mol. The first-order valence-corrected chi connectivity index (χ1v) is 11.1. The van der Waals surface area contributed by atoms with E-state index in [0.29, 0.717) is 0 Å². The fraction of sp³-hybridized carbons (Fsp3) is 0.409. The molecule has 2 amide bonds. The molecule has 1 aliphatic heterocycles. The first-order valence-electron chi connectivity index (χ1n) is 11.1. The lowest BCUT2D eigenvalue weighted by atomic mass is 10.1. The van der Waals surface area contributed by atoms with E-state index in [2.05, 4.69) is 20.4 Å². The van der Waals surface area contributed by atoms with Gasteiger partial charge in [0.2, 0.25) is 5.88 Å². The van der Waals surface area contributed by atoms with E-state index in [0.717, 1.165) is 21.8 Å². The molecule has 5 rings (SSSR count). The van der Waals surface area contributed by atoms with E-state index < -0.39 is 52.8 Å². The van der Waals surface area contributed by atoms with Crippen LogP contribution in [0.25, 0.3) is 16.8 Å². The van der Waals surface area contributed by atoms with Gasteiger partial charge in [-0.05, 0) is 25.0 Å². The second-order valence-electron chi connectivity index (χ2n) is 8.90. The summed E-state index contributed by atoms with van der Waals surface area (Å²) in [5.74, 6) is -2.23. The number of hydrogen-bond acceptors (Lipinski definition) is 7. The second kappa shape index (κ2) is 8.52. The van der Waals surface area contributed by atoms with Gasteiger partial charge in [0, 0.05) is 18.3 Å². The summed E-state index contributed by atoms with van der Waals surface area (Å²) in [7, 11) is 1.23. The number of likely N-dealkylation sites (tertiary alicyclic amines) is 1. The second-order valence-corrected chi connectivity index (χ2v) is 8.90. The number of nitrogens with zero attached hydrogens (tertiary/aromatic N) is 5. The van der Waals surface area contributed by atoms with Crippen LogP contribution in [0.3, 0.4) is 0 Å². The zero-order valence-corrected chi connectivity index (χ0v) is 19.2. The number of rotatable bonds is 5. The van der Waals surface area contributed by atoms with Gasteiger partial charge in [0.1, 0.15) is 23.6 Å². The summed E-state index contributed by atoms with van der Waals surface area (Å²) >= 11 is 0. The summed E-state index contributed by atoms with van der Waals surface area (Å²) in [6, 6.07) is 0.882. The topological polar surface area (TPSA) is 128 Å². The van der Waals surface area contributed by atoms with Gasteiger partial charge in [0.25, 0.3) is 11.8 Å². The quantitative estimate of drug-likeness (QED) is 0.489. The molecule has 0 unspecified atom stereocenters. The Kier molecular flexibility index (Phi) is 5.68. The summed E-state index contributed by atoms with van der Waals surface area (Å²) in [5.41, 5.74) is 1.93. The van der Waals surface area contributed by atoms with Gasteiger partial charge in [-0.3, -0.25) is 9.59 Å². The lowest BCUT2D eigenvalue weighted by Crippen LogP contribution is -2.43. The Morgan fingerprint density at radius 2 is 1.95 bits per heavy atom. The van der Waals surface area contributed by atoms with Crippen molar-refractivity contribution in [2.24, 2.45) is 0 Å². The fourth-order valence-electron chi connectivity index (χ4n) is 4.33. The van der Waals surface area contributed by atoms with Gasteiger partial charge in [-0.15, -0.1) is 0 Å². The van der Waals surface area contributed by atoms with Gasteiger partial charge in [0.05, 0.1) is 31.0 Å². The maximum atomic E-state index is 14.6. The Morgan fingerprint density at radius 1 is 1.22 bits per heavy atom. The molecule has 2 atom stereocenters. The highest BCUT2D eigenvalue weighted by atomic mass is 19.4. The maximum absolute atomic E-state index is 14.6. The van der Waals surface area contributed by atoms with Crippen LogP contribution in [0, 0.1) is 0 Å². The monoisotopic (exact) mass is 525 g/mol. The van der Waals surface area contributed by atoms with Crippen molar-refractivity contribution in [3.05, 3.63) is 35.8 Å². The van der Waals surface area contributed by atoms with Crippen molar-refractivity contribution in [2.75, 3.05) is 25.9 Å². The number of nitrogen functional groups attached to an aromatic ring is 1. The van der Waals surface area contributed by atoms with E-state index in [1.54, 1.807) is 0 Å². The average Bonchev–Trinajstić information content (AvgIpc) is 3.31. The largest absolute Gasteiger partial charge is 0.480 e. The number of amides is 2. The van der Waals surface area contributed by atoms with Gasteiger partial charge >= 0.3 is 6.18 Å². The molecule has 0 bridgehead atoms. The van der Waals surface area contributed by atoms with Crippen LogP contribution in [0.2, 0.25) is 0 Å². The van der Waals surface area contributed by atoms with E-state index in [-0.39, 0.29) is 48.6 Å². The first-order chi connectivity index (χ1) is 17.4. The van der Waals surface area contributed by atoms with Crippen molar-refractivity contribution >= 4 is 23.1 Å². The van der Waals surface area contributed by atoms with Crippen LogP contribution in [-0.2, 0) is 11.0 Å². The minimum absolute atomic E-state index is 0.0580. The normalized spacial score (nSPS) is 20.8. The number of carbonyl (C=O) groups excluding carboxylic acids is 2. The highest BCUT2D eigenvalue weighted by molar-refractivity contribution is 5.98. The predicted octanol–water partition coefficient (Wildman–Crippen LogP) is 2.18. The van der Waals surface area contributed by atoms with Crippen LogP contribution in [0.15, 0.2) is 24.7 Å². The smallest absolute Gasteiger partial charge is 0.418 e. The number of methoxy groups -OCH3 is 1. The molecule has 15 heteroatoms. The van der Waals surface area contributed by atoms with Crippen molar-refractivity contribution in [3.63, 3.8) is 0 Å². The number of carbonyl (C=O) groups is 2. The number of hydrogen-bond donors (Lipinski definition) is 2. The SMILES string of the molecule is COc1ncc(-c2cc(C(F)(F)F)c3c(N)ncnn23)cc1C(=O)N[C@@H]1CN(C(=O)C2(F)CC2)C[C@@H]1F. The lowest BCUT2D eigenvalue weighted by Gasteiger charge is -2.18. The first kappa shape index (κ1) is 24.6. The molecule has 10 nitrogen and oxygen atoms in total. The Bertz CT molecular complexity index is 1410. The van der Waals surface area contributed by atoms with Crippen LogP contribution in [0.1, 0.15) is 28.8 Å². The molecule has 196 valence electrons. The molecule has 3 N–H and O–H groups in total. The molecule has 37 heavy (non-hydrogen) atoms. The molecule has 2 fully saturated rings. The molecule has 1 saturated heterocycles. The van der Waals surface area contributed by atoms with Crippen molar-refractivity contribution in [1.82, 2.24) is 29.8 Å². The summed E-state index contributed by atoms with van der Waals surface area (Å²) in [5, 5.41) is 6.31. The number of ether oxygens (including phenoxy) is 1. The third kappa shape index (κ3) is 4.27. The minimum atomic E-state index is -4.77. The molecule has 1 aliphatic carbocycles. The number of halogens is 5. The summed E-state index contributed by atoms with van der Waals surface area (Å²) < 4.78 is 75.8. The Morgan fingerprint density at radius 3 is 2.59 bits per heavy atom. The van der Waals surface area contributed by atoms with E-state index in [4.69, 9.17) is 10.5 Å². The third-order valence-electron chi connectivity index (χ3n) is 6.40. The van der Waals surface area contributed by atoms with Crippen molar-refractivity contribution in [1.29, 1.82) is 0 Å². The van der Waals surface area contributed by atoms with Crippen molar-refractivity contribution in [3.8, 4) is 17.1 Å². The van der Waals surface area contributed by atoms with Crippen molar-refractivity contribution < 1.29 is 36.3 Å². The molecule has 3 aromatic heterocycles. The fourth-order valence-corrected chi connectivity index (χ4v) is 4.33. The highest BCUT2D eigenvalue weighted by Crippen LogP contribution is 2.42. The van der Waals surface area contributed by atoms with E-state index in [9.17, 15) is 31.5 Å². The maximum Gasteiger partial charge on any atom is 0.418 e. The standard InChI is InChI=1S/C22H20F5N7O3/c1-37-19-11(18(35)32-14-8-33(7-13(14)23)20(36)21(24)2-3-21)4-10(6-29-19)15-5-12(22(25,26)27)16-17(28)30-9-31-34(15)16/h4-6,9,13-14H,2-3,7-8H2,1H3,(H,32,35)(H2,28,30,31)/t13-,14+/m0/s1. The molecule has 0 radical (unpaired) electrons. The molecule has 4 heterocycles. The van der Waals surface area contributed by atoms with E-state index in [1.165, 1.54) is 19.4 Å². The molecular weight excluding hydrogens is 505 g/mol. The third-order valence-corrected chi connectivity index (χ3v) is 6.40. The number of anilines is 1. The molecule has 0 aromatic carbocycles. The Labute approximate surface area is 205 Å². The van der Waals surface area contributed by atoms with Gasteiger partial charge < -0.3 is 20.7 Å².